The first kappa shape index (κ1) is 18.7. The first-order chi connectivity index (χ1) is 13.0. The maximum Gasteiger partial charge on any atom is 0.306 e. The van der Waals surface area contributed by atoms with Gasteiger partial charge in [-0.25, -0.2) is 0 Å². The summed E-state index contributed by atoms with van der Waals surface area (Å²) in [7, 11) is 0. The lowest BCUT2D eigenvalue weighted by atomic mass is 10.1. The molecule has 3 rings (SSSR count). The number of hydrogen-bond acceptors (Lipinski definition) is 6. The van der Waals surface area contributed by atoms with Crippen LogP contribution >= 0.6 is 11.6 Å². The number of nitrogens with one attached hydrogen (secondary N) is 1. The Bertz CT molecular complexity index is 865. The summed E-state index contributed by atoms with van der Waals surface area (Å²) in [4.78, 5) is 35.6. The molecule has 2 aromatic carbocycles. The van der Waals surface area contributed by atoms with Crippen molar-refractivity contribution in [1.82, 2.24) is 0 Å². The van der Waals surface area contributed by atoms with Gasteiger partial charge in [0.2, 0.25) is 6.79 Å². The minimum atomic E-state index is -0.627. The van der Waals surface area contributed by atoms with E-state index in [1.54, 1.807) is 42.5 Å². The monoisotopic (exact) mass is 389 g/mol. The van der Waals surface area contributed by atoms with E-state index in [4.69, 9.17) is 25.8 Å². The number of hydrogen-bond donors (Lipinski definition) is 1. The molecule has 7 nitrogen and oxygen atoms in total. The van der Waals surface area contributed by atoms with Crippen molar-refractivity contribution in [1.29, 1.82) is 0 Å². The molecule has 0 spiro atoms. The van der Waals surface area contributed by atoms with Gasteiger partial charge in [-0.3, -0.25) is 14.4 Å². The number of ether oxygens (including phenoxy) is 3. The van der Waals surface area contributed by atoms with E-state index in [1.165, 1.54) is 0 Å². The fourth-order valence-corrected chi connectivity index (χ4v) is 2.51. The van der Waals surface area contributed by atoms with E-state index in [0.717, 1.165) is 0 Å². The minimum absolute atomic E-state index is 0.00968. The molecule has 1 heterocycles. The second-order valence-electron chi connectivity index (χ2n) is 5.71. The fourth-order valence-electron chi connectivity index (χ4n) is 2.39. The summed E-state index contributed by atoms with van der Waals surface area (Å²) < 4.78 is 15.3. The van der Waals surface area contributed by atoms with Gasteiger partial charge in [-0.2, -0.15) is 0 Å². The smallest absolute Gasteiger partial charge is 0.306 e. The molecule has 0 aliphatic carbocycles. The van der Waals surface area contributed by atoms with Crippen molar-refractivity contribution >= 4 is 34.9 Å². The lowest BCUT2D eigenvalue weighted by Gasteiger charge is -2.07. The Morgan fingerprint density at radius 2 is 1.74 bits per heavy atom. The van der Waals surface area contributed by atoms with Crippen molar-refractivity contribution < 1.29 is 28.6 Å². The van der Waals surface area contributed by atoms with Gasteiger partial charge in [0.1, 0.15) is 0 Å². The largest absolute Gasteiger partial charge is 0.456 e. The summed E-state index contributed by atoms with van der Waals surface area (Å²) >= 11 is 5.76. The third-order valence-corrected chi connectivity index (χ3v) is 3.99. The summed E-state index contributed by atoms with van der Waals surface area (Å²) in [6, 6.07) is 11.3. The van der Waals surface area contributed by atoms with E-state index in [0.29, 0.717) is 27.8 Å². The highest BCUT2D eigenvalue weighted by Gasteiger charge is 2.15. The molecule has 1 aliphatic heterocycles. The van der Waals surface area contributed by atoms with E-state index in [2.05, 4.69) is 5.32 Å². The zero-order chi connectivity index (χ0) is 19.2. The summed E-state index contributed by atoms with van der Waals surface area (Å²) in [5.74, 6) is -0.187. The number of carbonyl (C=O) groups is 3. The van der Waals surface area contributed by atoms with E-state index in [1.807, 2.05) is 0 Å². The van der Waals surface area contributed by atoms with Gasteiger partial charge >= 0.3 is 5.97 Å². The van der Waals surface area contributed by atoms with E-state index in [9.17, 15) is 14.4 Å². The Kier molecular flexibility index (Phi) is 5.93. The number of rotatable bonds is 7. The van der Waals surface area contributed by atoms with Crippen LogP contribution in [0.25, 0.3) is 0 Å². The van der Waals surface area contributed by atoms with Gasteiger partial charge in [0.05, 0.1) is 6.42 Å². The number of ketones is 1. The molecule has 0 saturated heterocycles. The first-order valence-corrected chi connectivity index (χ1v) is 8.53. The van der Waals surface area contributed by atoms with Crippen LogP contribution in [0.4, 0.5) is 5.69 Å². The maximum atomic E-state index is 12.0. The van der Waals surface area contributed by atoms with Gasteiger partial charge in [-0.15, -0.1) is 0 Å². The van der Waals surface area contributed by atoms with Crippen molar-refractivity contribution in [2.45, 2.75) is 12.8 Å². The summed E-state index contributed by atoms with van der Waals surface area (Å²) in [5, 5.41) is 3.12. The average Bonchev–Trinajstić information content (AvgIpc) is 3.13. The second-order valence-corrected chi connectivity index (χ2v) is 6.14. The van der Waals surface area contributed by atoms with Crippen molar-refractivity contribution in [2.24, 2.45) is 0 Å². The third kappa shape index (κ3) is 5.21. The molecular formula is C19H16ClNO6. The highest BCUT2D eigenvalue weighted by Crippen LogP contribution is 2.34. The highest BCUT2D eigenvalue weighted by atomic mass is 35.5. The number of fused-ring (bicyclic) bond motifs is 1. The molecule has 0 atom stereocenters. The molecular weight excluding hydrogens is 374 g/mol. The average molecular weight is 390 g/mol. The molecule has 0 aromatic heterocycles. The zero-order valence-corrected chi connectivity index (χ0v) is 15.0. The van der Waals surface area contributed by atoms with Crippen molar-refractivity contribution in [3.63, 3.8) is 0 Å². The molecule has 0 fully saturated rings. The number of anilines is 1. The van der Waals surface area contributed by atoms with Gasteiger partial charge in [-0.05, 0) is 36.4 Å². The SMILES string of the molecule is O=C(COC(=O)CCC(=O)c1ccc(Cl)cc1)Nc1ccc2c(c1)OCO2. The Labute approximate surface area is 160 Å². The maximum absolute atomic E-state index is 12.0. The topological polar surface area (TPSA) is 90.9 Å². The van der Waals surface area contributed by atoms with Crippen LogP contribution < -0.4 is 14.8 Å². The lowest BCUT2D eigenvalue weighted by Crippen LogP contribution is -2.21. The van der Waals surface area contributed by atoms with Crippen LogP contribution in [-0.4, -0.2) is 31.1 Å². The fraction of sp³-hybridized carbons (Fsp3) is 0.211. The number of amides is 1. The predicted molar refractivity (Wildman–Crippen MR) is 97.2 cm³/mol. The van der Waals surface area contributed by atoms with Gasteiger partial charge in [-0.1, -0.05) is 11.6 Å². The van der Waals surface area contributed by atoms with Gasteiger partial charge in [0.15, 0.2) is 23.9 Å². The van der Waals surface area contributed by atoms with E-state index >= 15 is 0 Å². The Morgan fingerprint density at radius 1 is 1.00 bits per heavy atom. The molecule has 1 amide bonds. The Balaban J connectivity index is 1.40. The van der Waals surface area contributed by atoms with Crippen molar-refractivity contribution in [3.05, 3.63) is 53.1 Å². The molecule has 1 aliphatic rings. The van der Waals surface area contributed by atoms with Gasteiger partial charge in [0.25, 0.3) is 5.91 Å². The highest BCUT2D eigenvalue weighted by molar-refractivity contribution is 6.30. The van der Waals surface area contributed by atoms with E-state index < -0.39 is 18.5 Å². The van der Waals surface area contributed by atoms with Crippen LogP contribution in [0, 0.1) is 0 Å². The summed E-state index contributed by atoms with van der Waals surface area (Å²) in [5.41, 5.74) is 0.964. The molecule has 0 unspecified atom stereocenters. The number of esters is 1. The summed E-state index contributed by atoms with van der Waals surface area (Å²) in [6.45, 7) is -0.304. The normalized spacial score (nSPS) is 11.7. The molecule has 2 aromatic rings. The van der Waals surface area contributed by atoms with Gasteiger partial charge in [0, 0.05) is 28.8 Å². The Morgan fingerprint density at radius 3 is 2.52 bits per heavy atom. The molecule has 0 saturated carbocycles. The van der Waals surface area contributed by atoms with Crippen LogP contribution in [0.5, 0.6) is 11.5 Å². The van der Waals surface area contributed by atoms with Gasteiger partial charge < -0.3 is 19.5 Å². The standard InChI is InChI=1S/C19H16ClNO6/c20-13-3-1-12(2-4-13)15(22)6-8-19(24)25-10-18(23)21-14-5-7-16-17(9-14)27-11-26-16/h1-5,7,9H,6,8,10-11H2,(H,21,23). The molecule has 1 N–H and O–H groups in total. The predicted octanol–water partition coefficient (Wildman–Crippen LogP) is 3.21. The number of benzene rings is 2. The van der Waals surface area contributed by atoms with Crippen LogP contribution in [0.3, 0.4) is 0 Å². The molecule has 8 heteroatoms. The number of carbonyl (C=O) groups excluding carboxylic acids is 3. The molecule has 0 radical (unpaired) electrons. The second kappa shape index (κ2) is 8.55. The number of halogens is 1. The zero-order valence-electron chi connectivity index (χ0n) is 14.2. The van der Waals surface area contributed by atoms with Crippen molar-refractivity contribution in [3.8, 4) is 11.5 Å². The molecule has 140 valence electrons. The van der Waals surface area contributed by atoms with Crippen LogP contribution in [0.2, 0.25) is 5.02 Å². The van der Waals surface area contributed by atoms with Crippen LogP contribution in [-0.2, 0) is 14.3 Å². The van der Waals surface area contributed by atoms with Crippen LogP contribution in [0.1, 0.15) is 23.2 Å². The van der Waals surface area contributed by atoms with E-state index in [-0.39, 0.29) is 25.4 Å². The molecule has 27 heavy (non-hydrogen) atoms. The lowest BCUT2D eigenvalue weighted by molar-refractivity contribution is -0.147. The Hall–Kier alpha value is -3.06. The first-order valence-electron chi connectivity index (χ1n) is 8.15. The molecule has 0 bridgehead atoms. The quantitative estimate of drug-likeness (QED) is 0.577. The minimum Gasteiger partial charge on any atom is -0.456 e. The van der Waals surface area contributed by atoms with Crippen LogP contribution in [0.15, 0.2) is 42.5 Å². The summed E-state index contributed by atoms with van der Waals surface area (Å²) in [6.07, 6.45) is -0.122. The van der Waals surface area contributed by atoms with Crippen molar-refractivity contribution in [2.75, 3.05) is 18.7 Å². The third-order valence-electron chi connectivity index (χ3n) is 3.74. The number of Topliss-reactive ketones (excluding diaryl/α,β-unsaturated/α-hetero) is 1.